The van der Waals surface area contributed by atoms with Crippen LogP contribution in [0.15, 0.2) is 26.8 Å². The molecule has 0 aliphatic rings. The molecule has 0 aliphatic heterocycles. The van der Waals surface area contributed by atoms with Gasteiger partial charge in [0.25, 0.3) is 5.56 Å². The molecule has 0 atom stereocenters. The number of hydrogen-bond donors (Lipinski definition) is 2. The fourth-order valence-electron chi connectivity index (χ4n) is 2.28. The minimum atomic E-state index is -0.296. The van der Waals surface area contributed by atoms with Crippen LogP contribution in [0.25, 0.3) is 10.2 Å². The highest BCUT2D eigenvalue weighted by molar-refractivity contribution is 7.17. The standard InChI is InChI=1S/C16H19N5O3S/c1-9(2)12-6-10(24-20-12)7-17-16(23)21(3)8-13-18-11-4-5-25-14(11)15(22)19-13/h4-6,9H,7-8H2,1-3H3,(H,17,23)(H,18,19,22). The molecule has 2 amide bonds. The first-order chi connectivity index (χ1) is 11.9. The number of urea groups is 1. The van der Waals surface area contributed by atoms with Gasteiger partial charge in [-0.15, -0.1) is 11.3 Å². The summed E-state index contributed by atoms with van der Waals surface area (Å²) in [4.78, 5) is 32.7. The van der Waals surface area contributed by atoms with Crippen molar-refractivity contribution in [2.75, 3.05) is 7.05 Å². The molecular formula is C16H19N5O3S. The Balaban J connectivity index is 1.60. The van der Waals surface area contributed by atoms with Crippen LogP contribution < -0.4 is 10.9 Å². The first-order valence-corrected chi connectivity index (χ1v) is 8.73. The van der Waals surface area contributed by atoms with E-state index in [1.54, 1.807) is 13.1 Å². The van der Waals surface area contributed by atoms with Crippen molar-refractivity contribution < 1.29 is 9.32 Å². The SMILES string of the molecule is CC(C)c1cc(CNC(=O)N(C)Cc2nc3ccsc3c(=O)[nH]2)on1. The maximum Gasteiger partial charge on any atom is 0.317 e. The molecule has 0 spiro atoms. The molecule has 25 heavy (non-hydrogen) atoms. The lowest BCUT2D eigenvalue weighted by molar-refractivity contribution is 0.203. The molecule has 0 radical (unpaired) electrons. The molecule has 0 fully saturated rings. The van der Waals surface area contributed by atoms with E-state index in [9.17, 15) is 9.59 Å². The topological polar surface area (TPSA) is 104 Å². The van der Waals surface area contributed by atoms with Crippen molar-refractivity contribution in [1.29, 1.82) is 0 Å². The molecule has 0 aromatic carbocycles. The lowest BCUT2D eigenvalue weighted by Crippen LogP contribution is -2.37. The maximum absolute atomic E-state index is 12.2. The molecule has 0 unspecified atom stereocenters. The van der Waals surface area contributed by atoms with E-state index < -0.39 is 0 Å². The first-order valence-electron chi connectivity index (χ1n) is 7.85. The van der Waals surface area contributed by atoms with Crippen molar-refractivity contribution in [3.8, 4) is 0 Å². The average Bonchev–Trinajstić information content (AvgIpc) is 3.21. The van der Waals surface area contributed by atoms with Gasteiger partial charge in [0.15, 0.2) is 5.76 Å². The lowest BCUT2D eigenvalue weighted by atomic mass is 10.1. The Labute approximate surface area is 147 Å². The Morgan fingerprint density at radius 1 is 1.48 bits per heavy atom. The largest absolute Gasteiger partial charge is 0.359 e. The van der Waals surface area contributed by atoms with E-state index in [4.69, 9.17) is 4.52 Å². The van der Waals surface area contributed by atoms with E-state index in [1.165, 1.54) is 16.2 Å². The zero-order chi connectivity index (χ0) is 18.0. The van der Waals surface area contributed by atoms with Gasteiger partial charge in [0.05, 0.1) is 24.3 Å². The fraction of sp³-hybridized carbons (Fsp3) is 0.375. The highest BCUT2D eigenvalue weighted by Gasteiger charge is 2.14. The molecule has 0 aliphatic carbocycles. The van der Waals surface area contributed by atoms with E-state index in [0.717, 1.165) is 5.69 Å². The van der Waals surface area contributed by atoms with Crippen LogP contribution in [-0.4, -0.2) is 33.1 Å². The Kier molecular flexibility index (Phi) is 4.84. The van der Waals surface area contributed by atoms with Gasteiger partial charge in [-0.1, -0.05) is 19.0 Å². The zero-order valence-corrected chi connectivity index (χ0v) is 15.0. The summed E-state index contributed by atoms with van der Waals surface area (Å²) in [5.74, 6) is 1.30. The van der Waals surface area contributed by atoms with Crippen LogP contribution in [0.3, 0.4) is 0 Å². The molecule has 3 aromatic heterocycles. The second-order valence-electron chi connectivity index (χ2n) is 6.04. The Hall–Kier alpha value is -2.68. The predicted octanol–water partition coefficient (Wildman–Crippen LogP) is 2.44. The Morgan fingerprint density at radius 3 is 3.00 bits per heavy atom. The summed E-state index contributed by atoms with van der Waals surface area (Å²) in [5.41, 5.74) is 1.30. The van der Waals surface area contributed by atoms with Crippen LogP contribution in [0.4, 0.5) is 4.79 Å². The number of aromatic amines is 1. The summed E-state index contributed by atoms with van der Waals surface area (Å²) < 4.78 is 5.77. The summed E-state index contributed by atoms with van der Waals surface area (Å²) in [6.07, 6.45) is 0. The van der Waals surface area contributed by atoms with E-state index in [1.807, 2.05) is 25.3 Å². The Bertz CT molecular complexity index is 943. The average molecular weight is 361 g/mol. The number of aromatic nitrogens is 3. The number of H-pyrrole nitrogens is 1. The van der Waals surface area contributed by atoms with E-state index in [0.29, 0.717) is 21.8 Å². The number of rotatable bonds is 5. The molecule has 8 nitrogen and oxygen atoms in total. The normalized spacial score (nSPS) is 11.2. The van der Waals surface area contributed by atoms with Gasteiger partial charge >= 0.3 is 6.03 Å². The summed E-state index contributed by atoms with van der Waals surface area (Å²) in [6, 6.07) is 3.32. The molecule has 9 heteroatoms. The second kappa shape index (κ2) is 7.06. The second-order valence-corrected chi connectivity index (χ2v) is 6.95. The minimum absolute atomic E-state index is 0.188. The molecule has 132 valence electrons. The maximum atomic E-state index is 12.2. The molecule has 3 aromatic rings. The van der Waals surface area contributed by atoms with Crippen LogP contribution in [0.2, 0.25) is 0 Å². The van der Waals surface area contributed by atoms with Gasteiger partial charge in [0.1, 0.15) is 10.5 Å². The van der Waals surface area contributed by atoms with E-state index >= 15 is 0 Å². The Morgan fingerprint density at radius 2 is 2.28 bits per heavy atom. The van der Waals surface area contributed by atoms with Crippen molar-refractivity contribution in [2.24, 2.45) is 0 Å². The van der Waals surface area contributed by atoms with Crippen molar-refractivity contribution in [3.05, 3.63) is 45.1 Å². The smallest absolute Gasteiger partial charge is 0.317 e. The number of carbonyl (C=O) groups is 1. The number of fused-ring (bicyclic) bond motifs is 1. The number of hydrogen-bond acceptors (Lipinski definition) is 6. The van der Waals surface area contributed by atoms with Gasteiger partial charge < -0.3 is 19.7 Å². The number of amides is 2. The summed E-state index contributed by atoms with van der Waals surface area (Å²) in [6.45, 7) is 4.48. The van der Waals surface area contributed by atoms with Crippen LogP contribution in [0.5, 0.6) is 0 Å². The van der Waals surface area contributed by atoms with Gasteiger partial charge in [-0.05, 0) is 17.4 Å². The number of nitrogens with zero attached hydrogens (tertiary/aromatic N) is 3. The minimum Gasteiger partial charge on any atom is -0.359 e. The third-order valence-corrected chi connectivity index (χ3v) is 4.58. The predicted molar refractivity (Wildman–Crippen MR) is 94.5 cm³/mol. The molecule has 3 rings (SSSR count). The first kappa shape index (κ1) is 17.2. The monoisotopic (exact) mass is 361 g/mol. The highest BCUT2D eigenvalue weighted by atomic mass is 32.1. The summed E-state index contributed by atoms with van der Waals surface area (Å²) in [7, 11) is 1.63. The van der Waals surface area contributed by atoms with E-state index in [-0.39, 0.29) is 30.6 Å². The van der Waals surface area contributed by atoms with Crippen LogP contribution in [0, 0.1) is 0 Å². The van der Waals surface area contributed by atoms with Crippen molar-refractivity contribution in [3.63, 3.8) is 0 Å². The molecule has 3 heterocycles. The number of nitrogens with one attached hydrogen (secondary N) is 2. The molecular weight excluding hydrogens is 342 g/mol. The fourth-order valence-corrected chi connectivity index (χ4v) is 3.00. The molecule has 0 bridgehead atoms. The summed E-state index contributed by atoms with van der Waals surface area (Å²) in [5, 5.41) is 8.52. The van der Waals surface area contributed by atoms with Gasteiger partial charge in [0, 0.05) is 13.1 Å². The highest BCUT2D eigenvalue weighted by Crippen LogP contribution is 2.15. The lowest BCUT2D eigenvalue weighted by Gasteiger charge is -2.16. The van der Waals surface area contributed by atoms with Crippen molar-refractivity contribution in [2.45, 2.75) is 32.9 Å². The van der Waals surface area contributed by atoms with Crippen LogP contribution in [0.1, 0.15) is 37.0 Å². The molecule has 0 saturated heterocycles. The third kappa shape index (κ3) is 3.87. The van der Waals surface area contributed by atoms with Gasteiger partial charge in [-0.3, -0.25) is 4.79 Å². The van der Waals surface area contributed by atoms with Crippen LogP contribution >= 0.6 is 11.3 Å². The molecule has 0 saturated carbocycles. The van der Waals surface area contributed by atoms with Crippen molar-refractivity contribution in [1.82, 2.24) is 25.3 Å². The van der Waals surface area contributed by atoms with Gasteiger partial charge in [-0.25, -0.2) is 9.78 Å². The quantitative estimate of drug-likeness (QED) is 0.726. The van der Waals surface area contributed by atoms with E-state index in [2.05, 4.69) is 20.4 Å². The number of thiophene rings is 1. The van der Waals surface area contributed by atoms with Gasteiger partial charge in [0.2, 0.25) is 0 Å². The summed E-state index contributed by atoms with van der Waals surface area (Å²) >= 11 is 1.34. The van der Waals surface area contributed by atoms with Crippen molar-refractivity contribution >= 4 is 27.6 Å². The molecule has 2 N–H and O–H groups in total. The third-order valence-electron chi connectivity index (χ3n) is 3.68. The zero-order valence-electron chi connectivity index (χ0n) is 14.2. The van der Waals surface area contributed by atoms with Gasteiger partial charge in [-0.2, -0.15) is 0 Å². The number of carbonyl (C=O) groups excluding carboxylic acids is 1. The van der Waals surface area contributed by atoms with Crippen LogP contribution in [-0.2, 0) is 13.1 Å².